The second-order valence-corrected chi connectivity index (χ2v) is 5.67. The molecule has 2 aromatic heterocycles. The van der Waals surface area contributed by atoms with Gasteiger partial charge in [0.2, 0.25) is 0 Å². The maximum Gasteiger partial charge on any atom is 0.0931 e. The number of thiophene rings is 1. The van der Waals surface area contributed by atoms with E-state index in [-0.39, 0.29) is 0 Å². The molecular weight excluding hydrogens is 230 g/mol. The molecule has 0 aliphatic rings. The van der Waals surface area contributed by atoms with E-state index >= 15 is 0 Å². The smallest absolute Gasteiger partial charge is 0.0931 e. The first kappa shape index (κ1) is 12.3. The highest BCUT2D eigenvalue weighted by Crippen LogP contribution is 2.28. The van der Waals surface area contributed by atoms with Crippen molar-refractivity contribution in [2.24, 2.45) is 0 Å². The van der Waals surface area contributed by atoms with Crippen LogP contribution in [0, 0.1) is 0 Å². The minimum Gasteiger partial charge on any atom is -0.385 e. The first-order chi connectivity index (χ1) is 8.12. The molecule has 0 aromatic carbocycles. The molecule has 1 atom stereocenters. The Hall–Kier alpha value is -1.19. The van der Waals surface area contributed by atoms with E-state index in [1.165, 1.54) is 9.75 Å². The van der Waals surface area contributed by atoms with Gasteiger partial charge in [-0.2, -0.15) is 0 Å². The summed E-state index contributed by atoms with van der Waals surface area (Å²) in [6, 6.07) is 8.02. The molecule has 90 valence electrons. The van der Waals surface area contributed by atoms with E-state index in [4.69, 9.17) is 0 Å². The van der Waals surface area contributed by atoms with Crippen molar-refractivity contribution in [3.63, 3.8) is 0 Å². The summed E-state index contributed by atoms with van der Waals surface area (Å²) in [4.78, 5) is 6.64. The van der Waals surface area contributed by atoms with E-state index in [0.29, 0.717) is 6.42 Å². The number of aromatic nitrogens is 1. The molecule has 17 heavy (non-hydrogen) atoms. The molecule has 2 nitrogen and oxygen atoms in total. The molecule has 1 N–H and O–H groups in total. The molecule has 0 aliphatic carbocycles. The SMILES string of the molecule is CCc1ccc(CC(C)(O)c2cccnc2)s1. The fourth-order valence-electron chi connectivity index (χ4n) is 1.83. The second kappa shape index (κ2) is 4.98. The van der Waals surface area contributed by atoms with E-state index in [1.807, 2.05) is 19.1 Å². The van der Waals surface area contributed by atoms with E-state index in [0.717, 1.165) is 12.0 Å². The predicted octanol–water partition coefficient (Wildman–Crippen LogP) is 3.16. The molecule has 2 aromatic rings. The normalized spacial score (nSPS) is 14.5. The second-order valence-electron chi connectivity index (χ2n) is 4.41. The molecule has 0 saturated carbocycles. The van der Waals surface area contributed by atoms with Gasteiger partial charge in [-0.05, 0) is 31.5 Å². The van der Waals surface area contributed by atoms with Crippen molar-refractivity contribution in [2.75, 3.05) is 0 Å². The zero-order valence-corrected chi connectivity index (χ0v) is 11.0. The largest absolute Gasteiger partial charge is 0.385 e. The third kappa shape index (κ3) is 2.93. The van der Waals surface area contributed by atoms with E-state index in [1.54, 1.807) is 23.7 Å². The van der Waals surface area contributed by atoms with Crippen LogP contribution in [-0.2, 0) is 18.4 Å². The minimum absolute atomic E-state index is 0.642. The van der Waals surface area contributed by atoms with Crippen molar-refractivity contribution in [1.82, 2.24) is 4.98 Å². The first-order valence-electron chi connectivity index (χ1n) is 5.82. The average molecular weight is 247 g/mol. The van der Waals surface area contributed by atoms with Crippen LogP contribution >= 0.6 is 11.3 Å². The predicted molar refractivity (Wildman–Crippen MR) is 71.2 cm³/mol. The third-order valence-corrected chi connectivity index (χ3v) is 4.10. The van der Waals surface area contributed by atoms with Crippen LogP contribution in [0.4, 0.5) is 0 Å². The van der Waals surface area contributed by atoms with Crippen LogP contribution in [0.1, 0.15) is 29.2 Å². The number of aliphatic hydroxyl groups is 1. The Morgan fingerprint density at radius 3 is 2.65 bits per heavy atom. The number of aryl methyl sites for hydroxylation is 1. The Morgan fingerprint density at radius 2 is 2.06 bits per heavy atom. The van der Waals surface area contributed by atoms with Gasteiger partial charge >= 0.3 is 0 Å². The molecular formula is C14H17NOS. The summed E-state index contributed by atoms with van der Waals surface area (Å²) < 4.78 is 0. The van der Waals surface area contributed by atoms with Gasteiger partial charge in [0.15, 0.2) is 0 Å². The van der Waals surface area contributed by atoms with Crippen LogP contribution < -0.4 is 0 Å². The highest BCUT2D eigenvalue weighted by molar-refractivity contribution is 7.12. The lowest BCUT2D eigenvalue weighted by Gasteiger charge is -2.22. The zero-order valence-electron chi connectivity index (χ0n) is 10.2. The maximum absolute atomic E-state index is 10.5. The number of hydrogen-bond acceptors (Lipinski definition) is 3. The Bertz CT molecular complexity index is 476. The lowest BCUT2D eigenvalue weighted by Crippen LogP contribution is -2.23. The Labute approximate surface area is 106 Å². The number of hydrogen-bond donors (Lipinski definition) is 1. The Morgan fingerprint density at radius 1 is 1.29 bits per heavy atom. The van der Waals surface area contributed by atoms with Gasteiger partial charge in [-0.15, -0.1) is 11.3 Å². The van der Waals surface area contributed by atoms with E-state index in [9.17, 15) is 5.11 Å². The number of pyridine rings is 1. The van der Waals surface area contributed by atoms with Gasteiger partial charge in [-0.25, -0.2) is 0 Å². The molecule has 0 bridgehead atoms. The Balaban J connectivity index is 2.17. The van der Waals surface area contributed by atoms with Gasteiger partial charge in [0.1, 0.15) is 0 Å². The van der Waals surface area contributed by atoms with Crippen LogP contribution in [-0.4, -0.2) is 10.1 Å². The standard InChI is InChI=1S/C14H17NOS/c1-3-12-6-7-13(17-12)9-14(2,16)11-5-4-8-15-10-11/h4-8,10,16H,3,9H2,1-2H3. The Kier molecular flexibility index (Phi) is 3.60. The molecule has 1 unspecified atom stereocenters. The quantitative estimate of drug-likeness (QED) is 0.900. The maximum atomic E-state index is 10.5. The van der Waals surface area contributed by atoms with Crippen molar-refractivity contribution < 1.29 is 5.11 Å². The average Bonchev–Trinajstić information content (AvgIpc) is 2.77. The van der Waals surface area contributed by atoms with Crippen molar-refractivity contribution in [3.8, 4) is 0 Å². The van der Waals surface area contributed by atoms with Gasteiger partial charge in [-0.1, -0.05) is 13.0 Å². The highest BCUT2D eigenvalue weighted by Gasteiger charge is 2.24. The van der Waals surface area contributed by atoms with Crippen LogP contribution in [0.5, 0.6) is 0 Å². The number of nitrogens with zero attached hydrogens (tertiary/aromatic N) is 1. The highest BCUT2D eigenvalue weighted by atomic mass is 32.1. The fraction of sp³-hybridized carbons (Fsp3) is 0.357. The van der Waals surface area contributed by atoms with Gasteiger partial charge in [0, 0.05) is 34.1 Å². The summed E-state index contributed by atoms with van der Waals surface area (Å²) in [5.74, 6) is 0. The van der Waals surface area contributed by atoms with Crippen LogP contribution in [0.15, 0.2) is 36.7 Å². The molecule has 0 fully saturated rings. The topological polar surface area (TPSA) is 33.1 Å². The molecule has 0 saturated heterocycles. The summed E-state index contributed by atoms with van der Waals surface area (Å²) >= 11 is 1.77. The van der Waals surface area contributed by atoms with Crippen LogP contribution in [0.3, 0.4) is 0 Å². The lowest BCUT2D eigenvalue weighted by molar-refractivity contribution is 0.0581. The molecule has 0 spiro atoms. The third-order valence-electron chi connectivity index (χ3n) is 2.87. The molecule has 0 amide bonds. The fourth-order valence-corrected chi connectivity index (χ4v) is 2.94. The van der Waals surface area contributed by atoms with E-state index in [2.05, 4.69) is 24.0 Å². The van der Waals surface area contributed by atoms with Crippen LogP contribution in [0.25, 0.3) is 0 Å². The molecule has 0 radical (unpaired) electrons. The van der Waals surface area contributed by atoms with Gasteiger partial charge in [0.25, 0.3) is 0 Å². The molecule has 3 heteroatoms. The van der Waals surface area contributed by atoms with Crippen molar-refractivity contribution in [3.05, 3.63) is 52.0 Å². The number of rotatable bonds is 4. The van der Waals surface area contributed by atoms with Crippen molar-refractivity contribution in [1.29, 1.82) is 0 Å². The van der Waals surface area contributed by atoms with Crippen molar-refractivity contribution >= 4 is 11.3 Å². The summed E-state index contributed by atoms with van der Waals surface area (Å²) in [6.07, 6.45) is 5.15. The lowest BCUT2D eigenvalue weighted by atomic mass is 9.93. The summed E-state index contributed by atoms with van der Waals surface area (Å²) in [5, 5.41) is 10.5. The van der Waals surface area contributed by atoms with Crippen LogP contribution in [0.2, 0.25) is 0 Å². The minimum atomic E-state index is -0.843. The molecule has 2 heterocycles. The van der Waals surface area contributed by atoms with Gasteiger partial charge < -0.3 is 5.11 Å². The first-order valence-corrected chi connectivity index (χ1v) is 6.64. The van der Waals surface area contributed by atoms with Gasteiger partial charge in [-0.3, -0.25) is 4.98 Å². The summed E-state index contributed by atoms with van der Waals surface area (Å²) in [5.41, 5.74) is 0.0240. The molecule has 0 aliphatic heterocycles. The summed E-state index contributed by atoms with van der Waals surface area (Å²) in [6.45, 7) is 3.99. The summed E-state index contributed by atoms with van der Waals surface area (Å²) in [7, 11) is 0. The van der Waals surface area contributed by atoms with E-state index < -0.39 is 5.60 Å². The zero-order chi connectivity index (χ0) is 12.3. The van der Waals surface area contributed by atoms with Crippen molar-refractivity contribution in [2.45, 2.75) is 32.3 Å². The van der Waals surface area contributed by atoms with Gasteiger partial charge in [0.05, 0.1) is 5.60 Å². The molecule has 2 rings (SSSR count). The monoisotopic (exact) mass is 247 g/mol.